The van der Waals surface area contributed by atoms with E-state index in [0.29, 0.717) is 37.9 Å². The quantitative estimate of drug-likeness (QED) is 0.0449. The molecule has 0 radical (unpaired) electrons. The Morgan fingerprint density at radius 3 is 2.40 bits per heavy atom. The topological polar surface area (TPSA) is 205 Å². The number of ether oxygens (including phenoxy) is 1. The Morgan fingerprint density at radius 1 is 1.04 bits per heavy atom. The molecule has 16 heteroatoms. The lowest BCUT2D eigenvalue weighted by Gasteiger charge is -2.31. The number of amides is 4. The summed E-state index contributed by atoms with van der Waals surface area (Å²) in [5, 5.41) is 5.82. The first kappa shape index (κ1) is 39.8. The van der Waals surface area contributed by atoms with Gasteiger partial charge in [-0.2, -0.15) is 5.06 Å². The Labute approximate surface area is 301 Å². The summed E-state index contributed by atoms with van der Waals surface area (Å²) in [6, 6.07) is 12.4. The summed E-state index contributed by atoms with van der Waals surface area (Å²) in [4.78, 5) is 90.3. The van der Waals surface area contributed by atoms with Gasteiger partial charge in [0.2, 0.25) is 18.2 Å². The molecule has 4 amide bonds. The molecule has 2 aromatic carbocycles. The largest absolute Gasteiger partial charge is 0.494 e. The van der Waals surface area contributed by atoms with Gasteiger partial charge in [-0.15, -0.1) is 0 Å². The summed E-state index contributed by atoms with van der Waals surface area (Å²) in [5.74, 6) is -2.45. The minimum atomic E-state index is -4.62. The number of rotatable bonds is 19. The lowest BCUT2D eigenvalue weighted by atomic mass is 9.90. The number of hydrogen-bond donors (Lipinski definition) is 4. The summed E-state index contributed by atoms with van der Waals surface area (Å²) in [6.45, 7) is 6.07. The highest BCUT2D eigenvalue weighted by atomic mass is 31.2. The number of hydrogen-bond acceptors (Lipinski definition) is 9. The predicted octanol–water partition coefficient (Wildman–Crippen LogP) is 4.28. The molecular weight excluding hydrogens is 695 g/mol. The molecule has 15 nitrogen and oxygen atoms in total. The van der Waals surface area contributed by atoms with E-state index in [4.69, 9.17) is 14.0 Å². The summed E-state index contributed by atoms with van der Waals surface area (Å²) in [6.07, 6.45) is 4.63. The Balaban J connectivity index is 1.40. The van der Waals surface area contributed by atoms with Gasteiger partial charge in [0.1, 0.15) is 11.5 Å². The third kappa shape index (κ3) is 10.3. The van der Waals surface area contributed by atoms with Gasteiger partial charge >= 0.3 is 13.6 Å². The fourth-order valence-corrected chi connectivity index (χ4v) is 6.56. The average molecular weight is 741 g/mol. The van der Waals surface area contributed by atoms with E-state index in [0.717, 1.165) is 24.3 Å². The SMILES string of the molecule is CCCCCC(C(=O)NCNC(=O)c1ccc(-c2cc(OCC)cc(P(=O)(O)O)c2)o1)C(CC)N(C=O)OC(=O)c1ccc(N2CCCC2=O)cc1. The zero-order valence-electron chi connectivity index (χ0n) is 29.4. The minimum Gasteiger partial charge on any atom is -0.494 e. The molecule has 2 atom stereocenters. The van der Waals surface area contributed by atoms with Crippen molar-refractivity contribution in [2.24, 2.45) is 5.92 Å². The van der Waals surface area contributed by atoms with Crippen LogP contribution in [-0.4, -0.2) is 70.8 Å². The van der Waals surface area contributed by atoms with Crippen molar-refractivity contribution in [2.45, 2.75) is 71.8 Å². The Morgan fingerprint density at radius 2 is 1.79 bits per heavy atom. The highest BCUT2D eigenvalue weighted by molar-refractivity contribution is 7.60. The monoisotopic (exact) mass is 740 g/mol. The molecule has 1 aromatic heterocycles. The van der Waals surface area contributed by atoms with Crippen molar-refractivity contribution in [3.8, 4) is 17.1 Å². The highest BCUT2D eigenvalue weighted by Gasteiger charge is 2.34. The van der Waals surface area contributed by atoms with Crippen LogP contribution < -0.4 is 25.6 Å². The third-order valence-electron chi connectivity index (χ3n) is 8.61. The molecule has 2 heterocycles. The number of carbonyl (C=O) groups excluding carboxylic acids is 5. The van der Waals surface area contributed by atoms with Crippen molar-refractivity contribution in [1.82, 2.24) is 15.7 Å². The van der Waals surface area contributed by atoms with Crippen LogP contribution in [0.2, 0.25) is 0 Å². The van der Waals surface area contributed by atoms with Crippen molar-refractivity contribution in [2.75, 3.05) is 24.7 Å². The molecule has 0 spiro atoms. The van der Waals surface area contributed by atoms with Crippen LogP contribution >= 0.6 is 7.60 Å². The van der Waals surface area contributed by atoms with Crippen molar-refractivity contribution in [3.63, 3.8) is 0 Å². The van der Waals surface area contributed by atoms with E-state index in [1.165, 1.54) is 42.5 Å². The van der Waals surface area contributed by atoms with Gasteiger partial charge in [0, 0.05) is 24.2 Å². The Bertz CT molecular complexity index is 1770. The van der Waals surface area contributed by atoms with Gasteiger partial charge in [0.05, 0.1) is 36.1 Å². The molecule has 52 heavy (non-hydrogen) atoms. The zero-order chi connectivity index (χ0) is 37.8. The number of unbranched alkanes of at least 4 members (excludes halogenated alkanes) is 2. The van der Waals surface area contributed by atoms with Gasteiger partial charge in [0.15, 0.2) is 5.76 Å². The number of hydroxylamine groups is 2. The molecule has 0 aliphatic carbocycles. The van der Waals surface area contributed by atoms with Crippen LogP contribution in [0, 0.1) is 5.92 Å². The first-order chi connectivity index (χ1) is 24.9. The van der Waals surface area contributed by atoms with Crippen LogP contribution in [0.1, 0.15) is 86.6 Å². The fraction of sp³-hybridized carbons (Fsp3) is 0.417. The molecule has 3 aromatic rings. The molecule has 4 rings (SSSR count). The number of nitrogens with one attached hydrogen (secondary N) is 2. The summed E-state index contributed by atoms with van der Waals surface area (Å²) in [5.41, 5.74) is 1.11. The number of carbonyl (C=O) groups is 5. The lowest BCUT2D eigenvalue weighted by molar-refractivity contribution is -0.171. The second-order valence-electron chi connectivity index (χ2n) is 12.2. The zero-order valence-corrected chi connectivity index (χ0v) is 30.3. The molecule has 0 bridgehead atoms. The van der Waals surface area contributed by atoms with Crippen molar-refractivity contribution >= 4 is 48.7 Å². The minimum absolute atomic E-state index is 0.0105. The second kappa shape index (κ2) is 18.5. The van der Waals surface area contributed by atoms with Crippen molar-refractivity contribution < 1.29 is 52.3 Å². The molecule has 4 N–H and O–H groups in total. The standard InChI is InChI=1S/C36H45N4O11P/c1-4-7-8-10-29(30(5-2)40(23-41)51-36(45)24-12-14-26(15-13-24)39-18-9-11-33(39)42)34(43)37-22-38-35(44)32-17-16-31(50-32)25-19-27(49-6-3)21-28(20-25)52(46,47)48/h12-17,19-21,23,29-30H,4-11,18,22H2,1-3H3,(H,37,43)(H,38,44)(H2,46,47,48). The van der Waals surface area contributed by atoms with Crippen LogP contribution in [0.3, 0.4) is 0 Å². The van der Waals surface area contributed by atoms with Gasteiger partial charge in [-0.3, -0.25) is 23.7 Å². The summed E-state index contributed by atoms with van der Waals surface area (Å²) in [7, 11) is -4.62. The van der Waals surface area contributed by atoms with Crippen molar-refractivity contribution in [1.29, 1.82) is 0 Å². The van der Waals surface area contributed by atoms with Gasteiger partial charge in [-0.25, -0.2) is 4.79 Å². The molecule has 1 aliphatic rings. The van der Waals surface area contributed by atoms with E-state index < -0.39 is 37.3 Å². The highest BCUT2D eigenvalue weighted by Crippen LogP contribution is 2.37. The smallest absolute Gasteiger partial charge is 0.363 e. The molecule has 1 saturated heterocycles. The normalized spacial score (nSPS) is 14.0. The van der Waals surface area contributed by atoms with E-state index in [-0.39, 0.29) is 59.3 Å². The van der Waals surface area contributed by atoms with E-state index >= 15 is 0 Å². The van der Waals surface area contributed by atoms with Crippen LogP contribution in [-0.2, 0) is 23.8 Å². The lowest BCUT2D eigenvalue weighted by Crippen LogP contribution is -2.49. The summed E-state index contributed by atoms with van der Waals surface area (Å²) < 4.78 is 23.0. The third-order valence-corrected chi connectivity index (χ3v) is 9.54. The molecular formula is C36H45N4O11P. The van der Waals surface area contributed by atoms with Gasteiger partial charge in [-0.1, -0.05) is 33.1 Å². The molecule has 0 saturated carbocycles. The number of furan rings is 1. The van der Waals surface area contributed by atoms with Crippen LogP contribution in [0.4, 0.5) is 5.69 Å². The van der Waals surface area contributed by atoms with E-state index in [2.05, 4.69) is 10.6 Å². The Hall–Kier alpha value is -4.98. The van der Waals surface area contributed by atoms with Crippen LogP contribution in [0.25, 0.3) is 11.3 Å². The summed E-state index contributed by atoms with van der Waals surface area (Å²) >= 11 is 0. The van der Waals surface area contributed by atoms with Crippen molar-refractivity contribution in [3.05, 3.63) is 65.9 Å². The Kier molecular flexibility index (Phi) is 14.2. The van der Waals surface area contributed by atoms with Crippen LogP contribution in [0.5, 0.6) is 5.75 Å². The average Bonchev–Trinajstić information content (AvgIpc) is 3.80. The molecule has 1 fully saturated rings. The number of benzene rings is 2. The van der Waals surface area contributed by atoms with E-state index in [1.807, 2.05) is 6.92 Å². The van der Waals surface area contributed by atoms with Gasteiger partial charge in [0.25, 0.3) is 5.91 Å². The molecule has 1 aliphatic heterocycles. The molecule has 280 valence electrons. The molecule has 2 unspecified atom stereocenters. The predicted molar refractivity (Wildman–Crippen MR) is 191 cm³/mol. The van der Waals surface area contributed by atoms with Gasteiger partial charge in [-0.05, 0) is 80.8 Å². The second-order valence-corrected chi connectivity index (χ2v) is 13.8. The maximum Gasteiger partial charge on any atom is 0.363 e. The number of nitrogens with zero attached hydrogens (tertiary/aromatic N) is 2. The van der Waals surface area contributed by atoms with Gasteiger partial charge < -0.3 is 39.3 Å². The van der Waals surface area contributed by atoms with E-state index in [9.17, 15) is 38.3 Å². The maximum atomic E-state index is 13.5. The van der Waals surface area contributed by atoms with E-state index in [1.54, 1.807) is 30.9 Å². The van der Waals surface area contributed by atoms with Crippen LogP contribution in [0.15, 0.2) is 59.0 Å². The number of anilines is 1. The first-order valence-electron chi connectivity index (χ1n) is 17.3. The maximum absolute atomic E-state index is 13.5. The fourth-order valence-electron chi connectivity index (χ4n) is 5.96. The first-order valence-corrected chi connectivity index (χ1v) is 18.9.